The number of methoxy groups -OCH3 is 1. The van der Waals surface area contributed by atoms with E-state index in [0.29, 0.717) is 11.8 Å². The lowest BCUT2D eigenvalue weighted by atomic mass is 10.1. The van der Waals surface area contributed by atoms with Gasteiger partial charge in [0.15, 0.2) is 6.29 Å². The van der Waals surface area contributed by atoms with E-state index in [-0.39, 0.29) is 24.8 Å². The third-order valence-corrected chi connectivity index (χ3v) is 2.70. The van der Waals surface area contributed by atoms with Gasteiger partial charge in [-0.15, -0.1) is 0 Å². The third-order valence-electron chi connectivity index (χ3n) is 2.70. The summed E-state index contributed by atoms with van der Waals surface area (Å²) >= 11 is 0. The van der Waals surface area contributed by atoms with Crippen LogP contribution >= 0.6 is 0 Å². The van der Waals surface area contributed by atoms with E-state index in [1.54, 1.807) is 0 Å². The van der Waals surface area contributed by atoms with Crippen molar-refractivity contribution in [2.75, 3.05) is 18.6 Å². The molecule has 1 aliphatic rings. The SMILES string of the molecule is COC(=O)C1CC(=O)N(c2ncc(C=O)cn2)C1. The Morgan fingerprint density at radius 2 is 2.17 bits per heavy atom. The highest BCUT2D eigenvalue weighted by Gasteiger charge is 2.36. The molecule has 1 atom stereocenters. The second-order valence-electron chi connectivity index (χ2n) is 3.86. The van der Waals surface area contributed by atoms with E-state index in [0.717, 1.165) is 0 Å². The number of aromatic nitrogens is 2. The number of esters is 1. The first-order chi connectivity index (χ1) is 8.65. The largest absolute Gasteiger partial charge is 0.469 e. The Morgan fingerprint density at radius 1 is 1.50 bits per heavy atom. The molecule has 1 fully saturated rings. The summed E-state index contributed by atoms with van der Waals surface area (Å²) in [4.78, 5) is 42.7. The average Bonchev–Trinajstić information content (AvgIpc) is 2.80. The first kappa shape index (κ1) is 12.2. The minimum absolute atomic E-state index is 0.0888. The van der Waals surface area contributed by atoms with E-state index in [9.17, 15) is 14.4 Å². The van der Waals surface area contributed by atoms with Crippen molar-refractivity contribution in [2.45, 2.75) is 6.42 Å². The van der Waals surface area contributed by atoms with Crippen LogP contribution in [0, 0.1) is 5.92 Å². The molecule has 0 radical (unpaired) electrons. The monoisotopic (exact) mass is 249 g/mol. The molecule has 94 valence electrons. The van der Waals surface area contributed by atoms with Crippen LogP contribution in [0.5, 0.6) is 0 Å². The maximum absolute atomic E-state index is 11.7. The van der Waals surface area contributed by atoms with Gasteiger partial charge >= 0.3 is 5.97 Å². The van der Waals surface area contributed by atoms with Crippen LogP contribution in [-0.4, -0.2) is 41.8 Å². The Bertz CT molecular complexity index is 486. The number of carbonyl (C=O) groups is 3. The van der Waals surface area contributed by atoms with Crippen molar-refractivity contribution in [3.8, 4) is 0 Å². The number of ether oxygens (including phenoxy) is 1. The highest BCUT2D eigenvalue weighted by Crippen LogP contribution is 2.22. The normalized spacial score (nSPS) is 18.8. The Balaban J connectivity index is 2.16. The van der Waals surface area contributed by atoms with Gasteiger partial charge in [0.1, 0.15) is 0 Å². The molecule has 1 amide bonds. The zero-order valence-electron chi connectivity index (χ0n) is 9.70. The van der Waals surface area contributed by atoms with Crippen LogP contribution in [0.1, 0.15) is 16.8 Å². The van der Waals surface area contributed by atoms with Gasteiger partial charge in [-0.3, -0.25) is 19.3 Å². The summed E-state index contributed by atoms with van der Waals surface area (Å²) in [6.07, 6.45) is 3.36. The summed E-state index contributed by atoms with van der Waals surface area (Å²) in [5.41, 5.74) is 0.329. The molecule has 0 aromatic carbocycles. The predicted octanol–water partition coefficient (Wildman–Crippen LogP) is -0.185. The highest BCUT2D eigenvalue weighted by molar-refractivity contribution is 5.98. The average molecular weight is 249 g/mol. The maximum Gasteiger partial charge on any atom is 0.311 e. The predicted molar refractivity (Wildman–Crippen MR) is 59.9 cm³/mol. The van der Waals surface area contributed by atoms with Gasteiger partial charge < -0.3 is 4.74 Å². The summed E-state index contributed by atoms with van der Waals surface area (Å²) in [6, 6.07) is 0. The van der Waals surface area contributed by atoms with E-state index in [1.165, 1.54) is 24.4 Å². The second kappa shape index (κ2) is 4.91. The van der Waals surface area contributed by atoms with Gasteiger partial charge in [0.25, 0.3) is 0 Å². The minimum Gasteiger partial charge on any atom is -0.469 e. The maximum atomic E-state index is 11.7. The molecule has 0 N–H and O–H groups in total. The standard InChI is InChI=1S/C11H11N3O4/c1-18-10(17)8-2-9(16)14(5-8)11-12-3-7(6-15)4-13-11/h3-4,6,8H,2,5H2,1H3. The van der Waals surface area contributed by atoms with E-state index >= 15 is 0 Å². The first-order valence-corrected chi connectivity index (χ1v) is 5.31. The lowest BCUT2D eigenvalue weighted by Crippen LogP contribution is -2.27. The highest BCUT2D eigenvalue weighted by atomic mass is 16.5. The fraction of sp³-hybridized carbons (Fsp3) is 0.364. The van der Waals surface area contributed by atoms with Gasteiger partial charge in [-0.1, -0.05) is 0 Å². The topological polar surface area (TPSA) is 89.5 Å². The lowest BCUT2D eigenvalue weighted by molar-refractivity contribution is -0.145. The molecule has 18 heavy (non-hydrogen) atoms. The van der Waals surface area contributed by atoms with Crippen LogP contribution in [-0.2, 0) is 14.3 Å². The van der Waals surface area contributed by atoms with Crippen LogP contribution in [0.25, 0.3) is 0 Å². The summed E-state index contributed by atoms with van der Waals surface area (Å²) in [6.45, 7) is 0.200. The number of hydrogen-bond donors (Lipinski definition) is 0. The Labute approximate surface area is 103 Å². The van der Waals surface area contributed by atoms with Crippen molar-refractivity contribution >= 4 is 24.1 Å². The van der Waals surface area contributed by atoms with Crippen LogP contribution in [0.2, 0.25) is 0 Å². The summed E-state index contributed by atoms with van der Waals surface area (Å²) in [5.74, 6) is -0.950. The van der Waals surface area contributed by atoms with Crippen molar-refractivity contribution in [1.29, 1.82) is 0 Å². The minimum atomic E-state index is -0.489. The van der Waals surface area contributed by atoms with Crippen molar-refractivity contribution < 1.29 is 19.1 Å². The summed E-state index contributed by atoms with van der Waals surface area (Å²) in [7, 11) is 1.28. The van der Waals surface area contributed by atoms with E-state index in [4.69, 9.17) is 0 Å². The van der Waals surface area contributed by atoms with Crippen molar-refractivity contribution in [3.05, 3.63) is 18.0 Å². The molecule has 1 aromatic rings. The van der Waals surface area contributed by atoms with E-state index in [1.807, 2.05) is 0 Å². The molecule has 1 aromatic heterocycles. The first-order valence-electron chi connectivity index (χ1n) is 5.31. The Morgan fingerprint density at radius 3 is 2.72 bits per heavy atom. The van der Waals surface area contributed by atoms with E-state index in [2.05, 4.69) is 14.7 Å². The number of aldehydes is 1. The number of amides is 1. The number of hydrogen-bond acceptors (Lipinski definition) is 6. The number of anilines is 1. The zero-order chi connectivity index (χ0) is 13.1. The van der Waals surface area contributed by atoms with Gasteiger partial charge in [-0.25, -0.2) is 9.97 Å². The van der Waals surface area contributed by atoms with E-state index < -0.39 is 11.9 Å². The number of carbonyl (C=O) groups excluding carboxylic acids is 3. The second-order valence-corrected chi connectivity index (χ2v) is 3.86. The van der Waals surface area contributed by atoms with Crippen molar-refractivity contribution in [3.63, 3.8) is 0 Å². The van der Waals surface area contributed by atoms with Gasteiger partial charge in [-0.05, 0) is 0 Å². The van der Waals surface area contributed by atoms with Gasteiger partial charge in [0.05, 0.1) is 18.6 Å². The lowest BCUT2D eigenvalue weighted by Gasteiger charge is -2.13. The van der Waals surface area contributed by atoms with Gasteiger partial charge in [-0.2, -0.15) is 0 Å². The smallest absolute Gasteiger partial charge is 0.311 e. The molecular weight excluding hydrogens is 238 g/mol. The Hall–Kier alpha value is -2.31. The summed E-state index contributed by atoms with van der Waals surface area (Å²) < 4.78 is 4.60. The fourth-order valence-corrected chi connectivity index (χ4v) is 1.76. The van der Waals surface area contributed by atoms with Gasteiger partial charge in [0, 0.05) is 25.4 Å². The molecule has 7 nitrogen and oxygen atoms in total. The third kappa shape index (κ3) is 2.20. The van der Waals surface area contributed by atoms with Crippen molar-refractivity contribution in [1.82, 2.24) is 9.97 Å². The molecule has 0 aliphatic carbocycles. The van der Waals surface area contributed by atoms with Gasteiger partial charge in [0.2, 0.25) is 11.9 Å². The van der Waals surface area contributed by atoms with Crippen molar-refractivity contribution in [2.24, 2.45) is 5.92 Å². The molecule has 7 heteroatoms. The zero-order valence-corrected chi connectivity index (χ0v) is 9.70. The molecule has 0 spiro atoms. The molecule has 1 unspecified atom stereocenters. The number of rotatable bonds is 3. The van der Waals surface area contributed by atoms with Crippen LogP contribution in [0.15, 0.2) is 12.4 Å². The molecular formula is C11H11N3O4. The summed E-state index contributed by atoms with van der Waals surface area (Å²) in [5, 5.41) is 0. The van der Waals surface area contributed by atoms with Crippen LogP contribution in [0.4, 0.5) is 5.95 Å². The number of nitrogens with zero attached hydrogens (tertiary/aromatic N) is 3. The molecule has 1 aliphatic heterocycles. The Kier molecular flexibility index (Phi) is 3.31. The van der Waals surface area contributed by atoms with Crippen LogP contribution in [0.3, 0.4) is 0 Å². The molecule has 2 heterocycles. The molecule has 0 bridgehead atoms. The molecule has 2 rings (SSSR count). The quantitative estimate of drug-likeness (QED) is 0.545. The van der Waals surface area contributed by atoms with Crippen LogP contribution < -0.4 is 4.90 Å². The fourth-order valence-electron chi connectivity index (χ4n) is 1.76. The molecule has 1 saturated heterocycles. The molecule has 0 saturated carbocycles.